The normalized spacial score (nSPS) is 10.7. The topological polar surface area (TPSA) is 114 Å². The fourth-order valence-electron chi connectivity index (χ4n) is 2.93. The van der Waals surface area contributed by atoms with E-state index in [0.717, 1.165) is 16.7 Å². The van der Waals surface area contributed by atoms with Gasteiger partial charge in [0.25, 0.3) is 11.5 Å². The van der Waals surface area contributed by atoms with E-state index in [9.17, 15) is 9.59 Å². The Morgan fingerprint density at radius 1 is 1.10 bits per heavy atom. The van der Waals surface area contributed by atoms with Crippen LogP contribution in [0.15, 0.2) is 70.2 Å². The molecule has 0 bridgehead atoms. The van der Waals surface area contributed by atoms with Gasteiger partial charge in [-0.3, -0.25) is 14.6 Å². The minimum Gasteiger partial charge on any atom is -0.361 e. The standard InChI is InChI=1S/C21H17N5O3/c1-13-17(19(26-29-13)15-5-3-2-4-6-15)12-23-20(27)16-11-18(24-25-21(16)28)14-7-9-22-10-8-14/h2-11H,12H2,1H3,(H,23,27)(H,25,28). The van der Waals surface area contributed by atoms with Crippen molar-refractivity contribution in [2.45, 2.75) is 13.5 Å². The van der Waals surface area contributed by atoms with E-state index in [4.69, 9.17) is 4.52 Å². The molecule has 3 aromatic heterocycles. The maximum absolute atomic E-state index is 12.7. The van der Waals surface area contributed by atoms with E-state index in [1.807, 2.05) is 30.3 Å². The third kappa shape index (κ3) is 3.81. The average Bonchev–Trinajstić information content (AvgIpc) is 3.14. The van der Waals surface area contributed by atoms with Gasteiger partial charge in [-0.05, 0) is 25.1 Å². The van der Waals surface area contributed by atoms with Gasteiger partial charge in [0.15, 0.2) is 0 Å². The number of benzene rings is 1. The quantitative estimate of drug-likeness (QED) is 0.544. The summed E-state index contributed by atoms with van der Waals surface area (Å²) in [4.78, 5) is 28.8. The smallest absolute Gasteiger partial charge is 0.277 e. The summed E-state index contributed by atoms with van der Waals surface area (Å²) in [6.45, 7) is 1.95. The highest BCUT2D eigenvalue weighted by Gasteiger charge is 2.18. The molecule has 1 amide bonds. The van der Waals surface area contributed by atoms with Gasteiger partial charge in [-0.25, -0.2) is 5.10 Å². The lowest BCUT2D eigenvalue weighted by Gasteiger charge is -2.07. The van der Waals surface area contributed by atoms with E-state index in [0.29, 0.717) is 17.1 Å². The lowest BCUT2D eigenvalue weighted by Crippen LogP contribution is -2.30. The van der Waals surface area contributed by atoms with Gasteiger partial charge in [0, 0.05) is 35.6 Å². The zero-order chi connectivity index (χ0) is 20.2. The van der Waals surface area contributed by atoms with Crippen LogP contribution in [0, 0.1) is 6.92 Å². The number of pyridine rings is 1. The number of aryl methyl sites for hydroxylation is 1. The molecule has 0 aliphatic rings. The molecule has 0 saturated heterocycles. The molecule has 0 spiro atoms. The highest BCUT2D eigenvalue weighted by Crippen LogP contribution is 2.25. The molecule has 0 saturated carbocycles. The first-order valence-corrected chi connectivity index (χ1v) is 8.92. The Balaban J connectivity index is 1.57. The molecule has 0 fully saturated rings. The third-order valence-electron chi connectivity index (χ3n) is 4.48. The van der Waals surface area contributed by atoms with Crippen molar-refractivity contribution in [1.29, 1.82) is 0 Å². The number of hydrogen-bond acceptors (Lipinski definition) is 6. The summed E-state index contributed by atoms with van der Waals surface area (Å²) in [5, 5.41) is 13.2. The molecular weight excluding hydrogens is 370 g/mol. The second kappa shape index (κ2) is 7.89. The second-order valence-electron chi connectivity index (χ2n) is 6.35. The predicted octanol–water partition coefficient (Wildman–Crippen LogP) is 2.73. The number of aromatic amines is 1. The number of nitrogens with one attached hydrogen (secondary N) is 2. The molecule has 0 aliphatic carbocycles. The third-order valence-corrected chi connectivity index (χ3v) is 4.48. The van der Waals surface area contributed by atoms with Crippen molar-refractivity contribution in [2.24, 2.45) is 0 Å². The summed E-state index contributed by atoms with van der Waals surface area (Å²) in [5.74, 6) is 0.0915. The first-order valence-electron chi connectivity index (χ1n) is 8.92. The highest BCUT2D eigenvalue weighted by molar-refractivity contribution is 5.94. The van der Waals surface area contributed by atoms with Crippen LogP contribution in [-0.2, 0) is 6.54 Å². The van der Waals surface area contributed by atoms with Crippen LogP contribution >= 0.6 is 0 Å². The number of hydrogen-bond donors (Lipinski definition) is 2. The molecule has 29 heavy (non-hydrogen) atoms. The molecule has 4 aromatic rings. The van der Waals surface area contributed by atoms with Gasteiger partial charge in [0.05, 0.1) is 5.69 Å². The molecule has 4 rings (SSSR count). The van der Waals surface area contributed by atoms with Crippen LogP contribution in [0.5, 0.6) is 0 Å². The van der Waals surface area contributed by atoms with Crippen LogP contribution in [0.3, 0.4) is 0 Å². The van der Waals surface area contributed by atoms with Crippen molar-refractivity contribution in [2.75, 3.05) is 0 Å². The van der Waals surface area contributed by atoms with Gasteiger partial charge in [-0.2, -0.15) is 5.10 Å². The molecule has 3 heterocycles. The highest BCUT2D eigenvalue weighted by atomic mass is 16.5. The van der Waals surface area contributed by atoms with Crippen LogP contribution in [-0.4, -0.2) is 26.2 Å². The summed E-state index contributed by atoms with van der Waals surface area (Å²) < 4.78 is 5.30. The number of carbonyl (C=O) groups is 1. The first kappa shape index (κ1) is 18.3. The van der Waals surface area contributed by atoms with E-state index >= 15 is 0 Å². The number of H-pyrrole nitrogens is 1. The summed E-state index contributed by atoms with van der Waals surface area (Å²) in [5.41, 5.74) is 2.92. The van der Waals surface area contributed by atoms with Gasteiger partial charge < -0.3 is 9.84 Å². The molecule has 0 radical (unpaired) electrons. The molecular formula is C21H17N5O3. The molecule has 8 nitrogen and oxygen atoms in total. The Morgan fingerprint density at radius 2 is 1.86 bits per heavy atom. The molecule has 1 aromatic carbocycles. The van der Waals surface area contributed by atoms with Crippen LogP contribution in [0.2, 0.25) is 0 Å². The minimum absolute atomic E-state index is 0.0258. The molecule has 0 aliphatic heterocycles. The second-order valence-corrected chi connectivity index (χ2v) is 6.35. The molecule has 144 valence electrons. The maximum Gasteiger partial charge on any atom is 0.277 e. The largest absolute Gasteiger partial charge is 0.361 e. The van der Waals surface area contributed by atoms with Crippen LogP contribution < -0.4 is 10.9 Å². The van der Waals surface area contributed by atoms with Gasteiger partial charge in [0.1, 0.15) is 17.0 Å². The lowest BCUT2D eigenvalue weighted by atomic mass is 10.1. The van der Waals surface area contributed by atoms with Gasteiger partial charge in [-0.1, -0.05) is 35.5 Å². The fraction of sp³-hybridized carbons (Fsp3) is 0.0952. The Hall–Kier alpha value is -4.07. The fourth-order valence-corrected chi connectivity index (χ4v) is 2.93. The van der Waals surface area contributed by atoms with E-state index in [1.54, 1.807) is 31.5 Å². The number of carbonyl (C=O) groups excluding carboxylic acids is 1. The van der Waals surface area contributed by atoms with E-state index in [2.05, 4.69) is 25.7 Å². The van der Waals surface area contributed by atoms with Gasteiger partial charge in [-0.15, -0.1) is 0 Å². The van der Waals surface area contributed by atoms with Crippen molar-refractivity contribution in [3.8, 4) is 22.5 Å². The zero-order valence-electron chi connectivity index (χ0n) is 15.5. The Morgan fingerprint density at radius 3 is 2.62 bits per heavy atom. The minimum atomic E-state index is -0.564. The van der Waals surface area contributed by atoms with E-state index < -0.39 is 11.5 Å². The number of aromatic nitrogens is 4. The predicted molar refractivity (Wildman–Crippen MR) is 106 cm³/mol. The molecule has 2 N–H and O–H groups in total. The average molecular weight is 387 g/mol. The van der Waals surface area contributed by atoms with Crippen molar-refractivity contribution in [3.63, 3.8) is 0 Å². The molecule has 0 unspecified atom stereocenters. The molecule has 8 heteroatoms. The number of nitrogens with zero attached hydrogens (tertiary/aromatic N) is 3. The van der Waals surface area contributed by atoms with Crippen LogP contribution in [0.25, 0.3) is 22.5 Å². The maximum atomic E-state index is 12.7. The van der Waals surface area contributed by atoms with Crippen LogP contribution in [0.4, 0.5) is 0 Å². The Bertz CT molecular complexity index is 1200. The number of amides is 1. The van der Waals surface area contributed by atoms with Crippen LogP contribution in [0.1, 0.15) is 21.7 Å². The van der Waals surface area contributed by atoms with Crippen molar-refractivity contribution in [1.82, 2.24) is 25.7 Å². The SMILES string of the molecule is Cc1onc(-c2ccccc2)c1CNC(=O)c1cc(-c2ccncc2)n[nH]c1=O. The van der Waals surface area contributed by atoms with Gasteiger partial charge in [0.2, 0.25) is 0 Å². The van der Waals surface area contributed by atoms with E-state index in [-0.39, 0.29) is 12.1 Å². The summed E-state index contributed by atoms with van der Waals surface area (Å²) in [6.07, 6.45) is 3.23. The summed E-state index contributed by atoms with van der Waals surface area (Å²) in [6, 6.07) is 14.5. The summed E-state index contributed by atoms with van der Waals surface area (Å²) in [7, 11) is 0. The number of rotatable bonds is 5. The van der Waals surface area contributed by atoms with Crippen molar-refractivity contribution < 1.29 is 9.32 Å². The van der Waals surface area contributed by atoms with Gasteiger partial charge >= 0.3 is 0 Å². The van der Waals surface area contributed by atoms with Crippen molar-refractivity contribution in [3.05, 3.63) is 88.2 Å². The zero-order valence-corrected chi connectivity index (χ0v) is 15.5. The van der Waals surface area contributed by atoms with Crippen molar-refractivity contribution >= 4 is 5.91 Å². The Kier molecular flexibility index (Phi) is 4.98. The first-order chi connectivity index (χ1) is 14.1. The lowest BCUT2D eigenvalue weighted by molar-refractivity contribution is 0.0949. The Labute approximate surface area is 165 Å². The van der Waals surface area contributed by atoms with E-state index in [1.165, 1.54) is 6.07 Å². The molecule has 0 atom stereocenters. The monoisotopic (exact) mass is 387 g/mol. The summed E-state index contributed by atoms with van der Waals surface area (Å²) >= 11 is 0.